The first-order valence-electron chi connectivity index (χ1n) is 7.00. The number of hydrogen-bond donors (Lipinski definition) is 3. The molecule has 0 spiro atoms. The van der Waals surface area contributed by atoms with Crippen LogP contribution in [0.15, 0.2) is 12.1 Å². The predicted molar refractivity (Wildman–Crippen MR) is 81.8 cm³/mol. The summed E-state index contributed by atoms with van der Waals surface area (Å²) >= 11 is 0. The average Bonchev–Trinajstić information content (AvgIpc) is 2.29. The first-order chi connectivity index (χ1) is 9.19. The predicted octanol–water partition coefficient (Wildman–Crippen LogP) is 2.40. The van der Waals surface area contributed by atoms with Crippen molar-refractivity contribution in [2.45, 2.75) is 53.1 Å². The highest BCUT2D eigenvalue weighted by molar-refractivity contribution is 5.76. The molecule has 0 heterocycles. The molecule has 4 nitrogen and oxygen atoms in total. The van der Waals surface area contributed by atoms with Crippen LogP contribution in [0.2, 0.25) is 0 Å². The van der Waals surface area contributed by atoms with Crippen LogP contribution < -0.4 is 10.6 Å². The van der Waals surface area contributed by atoms with Gasteiger partial charge in [-0.05, 0) is 51.3 Å². The molecule has 1 aromatic rings. The number of aromatic hydroxyl groups is 1. The van der Waals surface area contributed by atoms with Gasteiger partial charge in [0.15, 0.2) is 0 Å². The van der Waals surface area contributed by atoms with Crippen LogP contribution in [0, 0.1) is 13.8 Å². The third-order valence-electron chi connectivity index (χ3n) is 2.92. The number of amides is 1. The van der Waals surface area contributed by atoms with Crippen molar-refractivity contribution in [3.8, 4) is 5.75 Å². The topological polar surface area (TPSA) is 61.4 Å². The van der Waals surface area contributed by atoms with Crippen molar-refractivity contribution < 1.29 is 9.90 Å². The fourth-order valence-electron chi connectivity index (χ4n) is 2.06. The molecule has 1 aromatic carbocycles. The molecule has 0 saturated heterocycles. The van der Waals surface area contributed by atoms with Crippen molar-refractivity contribution in [3.05, 3.63) is 28.8 Å². The molecule has 20 heavy (non-hydrogen) atoms. The number of nitrogens with one attached hydrogen (secondary N) is 2. The van der Waals surface area contributed by atoms with Crippen molar-refractivity contribution in [1.29, 1.82) is 0 Å². The summed E-state index contributed by atoms with van der Waals surface area (Å²) in [7, 11) is 0. The van der Waals surface area contributed by atoms with Crippen LogP contribution in [0.4, 0.5) is 0 Å². The summed E-state index contributed by atoms with van der Waals surface area (Å²) in [6.45, 7) is 11.0. The largest absolute Gasteiger partial charge is 0.507 e. The molecule has 0 bridgehead atoms. The maximum absolute atomic E-state index is 11.6. The third-order valence-corrected chi connectivity index (χ3v) is 2.92. The Morgan fingerprint density at radius 3 is 2.25 bits per heavy atom. The lowest BCUT2D eigenvalue weighted by Crippen LogP contribution is -2.41. The van der Waals surface area contributed by atoms with Gasteiger partial charge in [0.25, 0.3) is 0 Å². The molecule has 0 atom stereocenters. The molecule has 0 aromatic heterocycles. The molecule has 0 aliphatic heterocycles. The third kappa shape index (κ3) is 5.61. The summed E-state index contributed by atoms with van der Waals surface area (Å²) in [5, 5.41) is 15.9. The van der Waals surface area contributed by atoms with Crippen LogP contribution in [-0.2, 0) is 11.3 Å². The minimum atomic E-state index is -0.178. The number of hydrogen-bond acceptors (Lipinski definition) is 3. The molecule has 1 amide bonds. The first-order valence-corrected chi connectivity index (χ1v) is 7.00. The Labute approximate surface area is 121 Å². The van der Waals surface area contributed by atoms with Gasteiger partial charge in [-0.1, -0.05) is 12.1 Å². The van der Waals surface area contributed by atoms with Crippen LogP contribution in [0.25, 0.3) is 0 Å². The SMILES string of the molecule is Cc1cc(CNCCC(=O)NC(C)(C)C)cc(C)c1O. The number of aryl methyl sites for hydroxylation is 2. The summed E-state index contributed by atoms with van der Waals surface area (Å²) in [5.74, 6) is 0.418. The Kier molecular flexibility index (Phi) is 5.57. The molecule has 0 unspecified atom stereocenters. The van der Waals surface area contributed by atoms with E-state index in [1.807, 2.05) is 46.8 Å². The van der Waals surface area contributed by atoms with Gasteiger partial charge < -0.3 is 15.7 Å². The average molecular weight is 278 g/mol. The standard InChI is InChI=1S/C16H26N2O2/c1-11-8-13(9-12(2)15(11)20)10-17-7-6-14(19)18-16(3,4)5/h8-9,17,20H,6-7,10H2,1-5H3,(H,18,19). The second-order valence-corrected chi connectivity index (χ2v) is 6.30. The van der Waals surface area contributed by atoms with E-state index in [0.717, 1.165) is 16.7 Å². The van der Waals surface area contributed by atoms with E-state index in [1.165, 1.54) is 0 Å². The van der Waals surface area contributed by atoms with E-state index < -0.39 is 0 Å². The van der Waals surface area contributed by atoms with E-state index in [4.69, 9.17) is 0 Å². The normalized spacial score (nSPS) is 11.4. The van der Waals surface area contributed by atoms with Crippen LogP contribution in [0.3, 0.4) is 0 Å². The number of phenols is 1. The molecule has 0 radical (unpaired) electrons. The van der Waals surface area contributed by atoms with Crippen LogP contribution in [-0.4, -0.2) is 23.1 Å². The van der Waals surface area contributed by atoms with Gasteiger partial charge in [0.05, 0.1) is 0 Å². The maximum Gasteiger partial charge on any atom is 0.221 e. The van der Waals surface area contributed by atoms with Gasteiger partial charge in [-0.15, -0.1) is 0 Å². The van der Waals surface area contributed by atoms with E-state index in [0.29, 0.717) is 25.3 Å². The quantitative estimate of drug-likeness (QED) is 0.725. The highest BCUT2D eigenvalue weighted by Crippen LogP contribution is 2.22. The lowest BCUT2D eigenvalue weighted by atomic mass is 10.1. The summed E-state index contributed by atoms with van der Waals surface area (Å²) < 4.78 is 0. The van der Waals surface area contributed by atoms with Gasteiger partial charge in [0, 0.05) is 25.0 Å². The fraction of sp³-hybridized carbons (Fsp3) is 0.562. The van der Waals surface area contributed by atoms with Gasteiger partial charge in [0.2, 0.25) is 5.91 Å². The second-order valence-electron chi connectivity index (χ2n) is 6.30. The summed E-state index contributed by atoms with van der Waals surface area (Å²) in [4.78, 5) is 11.6. The summed E-state index contributed by atoms with van der Waals surface area (Å²) in [6, 6.07) is 3.93. The summed E-state index contributed by atoms with van der Waals surface area (Å²) in [5.41, 5.74) is 2.70. The second kappa shape index (κ2) is 6.75. The fourth-order valence-corrected chi connectivity index (χ4v) is 2.06. The van der Waals surface area contributed by atoms with Gasteiger partial charge in [-0.25, -0.2) is 0 Å². The molecule has 112 valence electrons. The smallest absolute Gasteiger partial charge is 0.221 e. The molecule has 4 heteroatoms. The molecule has 1 rings (SSSR count). The monoisotopic (exact) mass is 278 g/mol. The van der Waals surface area contributed by atoms with E-state index in [2.05, 4.69) is 10.6 Å². The van der Waals surface area contributed by atoms with Gasteiger partial charge in [-0.3, -0.25) is 4.79 Å². The molecule has 0 aliphatic carbocycles. The van der Waals surface area contributed by atoms with Crippen LogP contribution >= 0.6 is 0 Å². The molecular weight excluding hydrogens is 252 g/mol. The Morgan fingerprint density at radius 1 is 1.20 bits per heavy atom. The van der Waals surface area contributed by atoms with Gasteiger partial charge in [-0.2, -0.15) is 0 Å². The Balaban J connectivity index is 2.37. The van der Waals surface area contributed by atoms with Crippen molar-refractivity contribution in [2.24, 2.45) is 0 Å². The van der Waals surface area contributed by atoms with Crippen molar-refractivity contribution in [1.82, 2.24) is 10.6 Å². The minimum absolute atomic E-state index is 0.0584. The highest BCUT2D eigenvalue weighted by atomic mass is 16.3. The molecule has 0 aliphatic rings. The number of phenolic OH excluding ortho intramolecular Hbond substituents is 1. The lowest BCUT2D eigenvalue weighted by molar-refractivity contribution is -0.122. The van der Waals surface area contributed by atoms with E-state index in [-0.39, 0.29) is 11.4 Å². The Morgan fingerprint density at radius 2 is 1.75 bits per heavy atom. The van der Waals surface area contributed by atoms with Crippen molar-refractivity contribution in [2.75, 3.05) is 6.54 Å². The van der Waals surface area contributed by atoms with E-state index >= 15 is 0 Å². The molecule has 0 fully saturated rings. The maximum atomic E-state index is 11.6. The number of carbonyl (C=O) groups excluding carboxylic acids is 1. The Hall–Kier alpha value is -1.55. The first kappa shape index (κ1) is 16.5. The lowest BCUT2D eigenvalue weighted by Gasteiger charge is -2.20. The van der Waals surface area contributed by atoms with Crippen molar-refractivity contribution >= 4 is 5.91 Å². The summed E-state index contributed by atoms with van der Waals surface area (Å²) in [6.07, 6.45) is 0.466. The number of benzene rings is 1. The minimum Gasteiger partial charge on any atom is -0.507 e. The highest BCUT2D eigenvalue weighted by Gasteiger charge is 2.12. The Bertz CT molecular complexity index is 453. The van der Waals surface area contributed by atoms with E-state index in [9.17, 15) is 9.90 Å². The van der Waals surface area contributed by atoms with Crippen molar-refractivity contribution in [3.63, 3.8) is 0 Å². The van der Waals surface area contributed by atoms with Crippen LogP contribution in [0.1, 0.15) is 43.9 Å². The van der Waals surface area contributed by atoms with Gasteiger partial charge in [0.1, 0.15) is 5.75 Å². The zero-order valence-corrected chi connectivity index (χ0v) is 13.1. The zero-order chi connectivity index (χ0) is 15.3. The molecule has 0 saturated carbocycles. The van der Waals surface area contributed by atoms with E-state index in [1.54, 1.807) is 0 Å². The molecular formula is C16H26N2O2. The number of rotatable bonds is 5. The number of carbonyl (C=O) groups is 1. The van der Waals surface area contributed by atoms with Crippen LogP contribution in [0.5, 0.6) is 5.75 Å². The zero-order valence-electron chi connectivity index (χ0n) is 13.1. The van der Waals surface area contributed by atoms with Gasteiger partial charge >= 0.3 is 0 Å². The molecule has 3 N–H and O–H groups in total.